The van der Waals surface area contributed by atoms with Crippen LogP contribution in [0.1, 0.15) is 21.6 Å². The minimum absolute atomic E-state index is 0.122. The van der Waals surface area contributed by atoms with Gasteiger partial charge < -0.3 is 10.3 Å². The average molecular weight is 442 g/mol. The Hall–Kier alpha value is -2.55. The summed E-state index contributed by atoms with van der Waals surface area (Å²) < 4.78 is 27.1. The molecule has 0 radical (unpaired) electrons. The van der Waals surface area contributed by atoms with E-state index in [1.54, 1.807) is 11.8 Å². The molecule has 3 aromatic rings. The second-order valence-electron chi connectivity index (χ2n) is 7.04. The van der Waals surface area contributed by atoms with Crippen LogP contribution in [0.15, 0.2) is 71.8 Å². The van der Waals surface area contributed by atoms with E-state index in [0.717, 1.165) is 22.6 Å². The number of anilines is 1. The first-order valence-corrected chi connectivity index (χ1v) is 12.3. The number of amides is 1. The SMILES string of the molecule is O=C(Nc1ccccc1Cc1ccccc1)c1cc(S(=O)(=O)N2CCSCC2)c[nH]1. The molecule has 0 aliphatic carbocycles. The number of aromatic amines is 1. The van der Waals surface area contributed by atoms with Gasteiger partial charge in [-0.3, -0.25) is 4.79 Å². The molecule has 0 spiro atoms. The summed E-state index contributed by atoms with van der Waals surface area (Å²) in [6, 6.07) is 19.1. The highest BCUT2D eigenvalue weighted by molar-refractivity contribution is 7.99. The Morgan fingerprint density at radius 1 is 1.03 bits per heavy atom. The maximum Gasteiger partial charge on any atom is 0.272 e. The minimum Gasteiger partial charge on any atom is -0.356 e. The second-order valence-corrected chi connectivity index (χ2v) is 10.2. The lowest BCUT2D eigenvalue weighted by molar-refractivity contribution is 0.102. The van der Waals surface area contributed by atoms with Crippen molar-refractivity contribution in [3.8, 4) is 0 Å². The van der Waals surface area contributed by atoms with E-state index in [1.807, 2.05) is 54.6 Å². The Kier molecular flexibility index (Phi) is 6.26. The molecular formula is C22H23N3O3S2. The summed E-state index contributed by atoms with van der Waals surface area (Å²) in [7, 11) is -3.59. The van der Waals surface area contributed by atoms with Crippen LogP contribution in [0.25, 0.3) is 0 Å². The number of nitrogens with one attached hydrogen (secondary N) is 2. The van der Waals surface area contributed by atoms with Gasteiger partial charge in [0.2, 0.25) is 10.0 Å². The number of rotatable bonds is 6. The molecule has 2 heterocycles. The van der Waals surface area contributed by atoms with Crippen LogP contribution in [0.5, 0.6) is 0 Å². The number of nitrogens with zero attached hydrogens (tertiary/aromatic N) is 1. The summed E-state index contributed by atoms with van der Waals surface area (Å²) in [6.07, 6.45) is 2.08. The number of H-pyrrole nitrogens is 1. The van der Waals surface area contributed by atoms with E-state index >= 15 is 0 Å². The molecule has 1 amide bonds. The first-order valence-electron chi connectivity index (χ1n) is 9.73. The molecule has 0 unspecified atom stereocenters. The van der Waals surface area contributed by atoms with Gasteiger partial charge in [0.25, 0.3) is 5.91 Å². The topological polar surface area (TPSA) is 82.3 Å². The first kappa shape index (κ1) is 20.7. The van der Waals surface area contributed by atoms with Crippen LogP contribution < -0.4 is 5.32 Å². The molecule has 8 heteroatoms. The van der Waals surface area contributed by atoms with E-state index in [0.29, 0.717) is 25.2 Å². The standard InChI is InChI=1S/C22H23N3O3S2/c26-22(21-15-19(16-23-21)30(27,28)25-10-12-29-13-11-25)24-20-9-5-4-8-18(20)14-17-6-2-1-3-7-17/h1-9,15-16,23H,10-14H2,(H,24,26). The van der Waals surface area contributed by atoms with E-state index in [9.17, 15) is 13.2 Å². The van der Waals surface area contributed by atoms with Crippen molar-refractivity contribution in [3.63, 3.8) is 0 Å². The maximum atomic E-state index is 12.8. The van der Waals surface area contributed by atoms with Crippen LogP contribution in [-0.4, -0.2) is 48.2 Å². The number of carbonyl (C=O) groups is 1. The van der Waals surface area contributed by atoms with Crippen LogP contribution >= 0.6 is 11.8 Å². The third-order valence-electron chi connectivity index (χ3n) is 5.01. The van der Waals surface area contributed by atoms with E-state index in [1.165, 1.54) is 16.6 Å². The Morgan fingerprint density at radius 2 is 1.73 bits per heavy atom. The Balaban J connectivity index is 1.50. The van der Waals surface area contributed by atoms with Gasteiger partial charge >= 0.3 is 0 Å². The highest BCUT2D eigenvalue weighted by Crippen LogP contribution is 2.23. The number of benzene rings is 2. The van der Waals surface area contributed by atoms with E-state index in [-0.39, 0.29) is 16.5 Å². The number of hydrogen-bond donors (Lipinski definition) is 2. The van der Waals surface area contributed by atoms with Gasteiger partial charge in [-0.05, 0) is 29.7 Å². The molecule has 30 heavy (non-hydrogen) atoms. The Bertz CT molecular complexity index is 1120. The van der Waals surface area contributed by atoms with Crippen molar-refractivity contribution in [3.05, 3.63) is 83.7 Å². The molecule has 1 aliphatic heterocycles. The van der Waals surface area contributed by atoms with Crippen LogP contribution in [0.4, 0.5) is 5.69 Å². The smallest absolute Gasteiger partial charge is 0.272 e. The summed E-state index contributed by atoms with van der Waals surface area (Å²) in [5.41, 5.74) is 3.06. The van der Waals surface area contributed by atoms with Crippen LogP contribution in [0.2, 0.25) is 0 Å². The van der Waals surface area contributed by atoms with Crippen molar-refractivity contribution in [1.82, 2.24) is 9.29 Å². The lowest BCUT2D eigenvalue weighted by Gasteiger charge is -2.24. The lowest BCUT2D eigenvalue weighted by atomic mass is 10.0. The summed E-state index contributed by atoms with van der Waals surface area (Å²) in [6.45, 7) is 0.985. The monoisotopic (exact) mass is 441 g/mol. The maximum absolute atomic E-state index is 12.8. The molecule has 1 aliphatic rings. The number of aromatic nitrogens is 1. The molecule has 4 rings (SSSR count). The van der Waals surface area contributed by atoms with Gasteiger partial charge in [-0.1, -0.05) is 48.5 Å². The predicted octanol–water partition coefficient (Wildman–Crippen LogP) is 3.60. The minimum atomic E-state index is -3.59. The molecule has 1 aromatic heterocycles. The van der Waals surface area contributed by atoms with E-state index in [2.05, 4.69) is 10.3 Å². The van der Waals surface area contributed by atoms with Crippen molar-refractivity contribution in [2.75, 3.05) is 29.9 Å². The molecule has 156 valence electrons. The van der Waals surface area contributed by atoms with Gasteiger partial charge in [0.15, 0.2) is 0 Å². The number of sulfonamides is 1. The van der Waals surface area contributed by atoms with Crippen molar-refractivity contribution >= 4 is 33.4 Å². The highest BCUT2D eigenvalue weighted by Gasteiger charge is 2.27. The highest BCUT2D eigenvalue weighted by atomic mass is 32.2. The fraction of sp³-hybridized carbons (Fsp3) is 0.227. The molecule has 2 N–H and O–H groups in total. The van der Waals surface area contributed by atoms with Crippen molar-refractivity contribution in [1.29, 1.82) is 0 Å². The molecule has 1 saturated heterocycles. The molecule has 2 aromatic carbocycles. The van der Waals surface area contributed by atoms with Crippen molar-refractivity contribution in [2.24, 2.45) is 0 Å². The van der Waals surface area contributed by atoms with Crippen LogP contribution in [-0.2, 0) is 16.4 Å². The Morgan fingerprint density at radius 3 is 2.50 bits per heavy atom. The summed E-state index contributed by atoms with van der Waals surface area (Å²) in [5, 5.41) is 2.91. The van der Waals surface area contributed by atoms with Gasteiger partial charge in [-0.15, -0.1) is 0 Å². The second kappa shape index (κ2) is 9.07. The average Bonchev–Trinajstić information content (AvgIpc) is 3.28. The lowest BCUT2D eigenvalue weighted by Crippen LogP contribution is -2.37. The summed E-state index contributed by atoms with van der Waals surface area (Å²) >= 11 is 1.75. The molecule has 0 bridgehead atoms. The van der Waals surface area contributed by atoms with Gasteiger partial charge in [0, 0.05) is 36.5 Å². The van der Waals surface area contributed by atoms with Crippen molar-refractivity contribution < 1.29 is 13.2 Å². The normalized spacial score (nSPS) is 15.1. The first-order chi connectivity index (χ1) is 14.5. The summed E-state index contributed by atoms with van der Waals surface area (Å²) in [5.74, 6) is 1.20. The number of carbonyl (C=O) groups excluding carboxylic acids is 1. The number of thioether (sulfide) groups is 1. The van der Waals surface area contributed by atoms with Gasteiger partial charge in [-0.25, -0.2) is 8.42 Å². The quantitative estimate of drug-likeness (QED) is 0.612. The zero-order chi connectivity index (χ0) is 21.0. The fourth-order valence-corrected chi connectivity index (χ4v) is 5.96. The molecule has 6 nitrogen and oxygen atoms in total. The third-order valence-corrected chi connectivity index (χ3v) is 7.83. The zero-order valence-corrected chi connectivity index (χ0v) is 18.0. The van der Waals surface area contributed by atoms with Crippen LogP contribution in [0.3, 0.4) is 0 Å². The van der Waals surface area contributed by atoms with Crippen LogP contribution in [0, 0.1) is 0 Å². The third kappa shape index (κ3) is 4.61. The predicted molar refractivity (Wildman–Crippen MR) is 121 cm³/mol. The fourth-order valence-electron chi connectivity index (χ4n) is 3.39. The molecule has 0 saturated carbocycles. The van der Waals surface area contributed by atoms with Gasteiger partial charge in [0.1, 0.15) is 10.6 Å². The number of para-hydroxylation sites is 1. The molecule has 1 fully saturated rings. The Labute approximate surface area is 180 Å². The van der Waals surface area contributed by atoms with E-state index in [4.69, 9.17) is 0 Å². The summed E-state index contributed by atoms with van der Waals surface area (Å²) in [4.78, 5) is 15.7. The van der Waals surface area contributed by atoms with E-state index < -0.39 is 10.0 Å². The zero-order valence-electron chi connectivity index (χ0n) is 16.4. The van der Waals surface area contributed by atoms with Crippen molar-refractivity contribution in [2.45, 2.75) is 11.3 Å². The largest absolute Gasteiger partial charge is 0.356 e. The molecular weight excluding hydrogens is 418 g/mol. The molecule has 0 atom stereocenters. The van der Waals surface area contributed by atoms with Gasteiger partial charge in [0.05, 0.1) is 0 Å². The van der Waals surface area contributed by atoms with Gasteiger partial charge in [-0.2, -0.15) is 16.1 Å². The number of hydrogen-bond acceptors (Lipinski definition) is 4.